The summed E-state index contributed by atoms with van der Waals surface area (Å²) in [7, 11) is 0. The quantitative estimate of drug-likeness (QED) is 0.546. The van der Waals surface area contributed by atoms with Crippen molar-refractivity contribution in [2.75, 3.05) is 0 Å². The molecule has 4 fully saturated rings. The molecule has 3 nitrogen and oxygen atoms in total. The van der Waals surface area contributed by atoms with E-state index < -0.39 is 17.8 Å². The first-order chi connectivity index (χ1) is 14.0. The lowest BCUT2D eigenvalue weighted by atomic mass is 9.42. The van der Waals surface area contributed by atoms with Gasteiger partial charge in [-0.25, -0.2) is 0 Å². The summed E-state index contributed by atoms with van der Waals surface area (Å²) in [6.45, 7) is 12.0. The Morgan fingerprint density at radius 2 is 1.63 bits per heavy atom. The van der Waals surface area contributed by atoms with E-state index in [1.54, 1.807) is 0 Å². The van der Waals surface area contributed by atoms with Crippen molar-refractivity contribution in [3.63, 3.8) is 0 Å². The van der Waals surface area contributed by atoms with E-state index in [-0.39, 0.29) is 5.41 Å². The van der Waals surface area contributed by atoms with Crippen molar-refractivity contribution in [2.24, 2.45) is 46.3 Å². The van der Waals surface area contributed by atoms with Gasteiger partial charge in [0.25, 0.3) is 0 Å². The van der Waals surface area contributed by atoms with Crippen LogP contribution in [0.4, 0.5) is 0 Å². The van der Waals surface area contributed by atoms with E-state index >= 15 is 0 Å². The summed E-state index contributed by atoms with van der Waals surface area (Å²) >= 11 is 0. The zero-order valence-electron chi connectivity index (χ0n) is 20.2. The Labute approximate surface area is 185 Å². The molecular formula is C27H48O3. The molecule has 0 saturated heterocycles. The smallest absolute Gasteiger partial charge is 0.0985 e. The van der Waals surface area contributed by atoms with E-state index in [9.17, 15) is 15.3 Å². The van der Waals surface area contributed by atoms with Crippen LogP contribution in [-0.2, 0) is 0 Å². The van der Waals surface area contributed by atoms with Crippen LogP contribution in [0.3, 0.4) is 0 Å². The molecule has 0 aromatic carbocycles. The molecule has 30 heavy (non-hydrogen) atoms. The maximum absolute atomic E-state index is 11.6. The molecule has 0 amide bonds. The lowest BCUT2D eigenvalue weighted by Crippen LogP contribution is -2.68. The van der Waals surface area contributed by atoms with Gasteiger partial charge in [-0.3, -0.25) is 0 Å². The van der Waals surface area contributed by atoms with Gasteiger partial charge in [-0.05, 0) is 85.9 Å². The molecule has 0 bridgehead atoms. The van der Waals surface area contributed by atoms with Crippen LogP contribution in [0, 0.1) is 46.3 Å². The molecule has 3 heteroatoms. The number of hydrogen-bond acceptors (Lipinski definition) is 3. The molecule has 174 valence electrons. The monoisotopic (exact) mass is 420 g/mol. The second kappa shape index (κ2) is 8.03. The Bertz CT molecular complexity index is 619. The highest BCUT2D eigenvalue weighted by atomic mass is 16.3. The van der Waals surface area contributed by atoms with Gasteiger partial charge in [0.2, 0.25) is 0 Å². The van der Waals surface area contributed by atoms with Gasteiger partial charge in [0, 0.05) is 11.8 Å². The van der Waals surface area contributed by atoms with Gasteiger partial charge >= 0.3 is 0 Å². The van der Waals surface area contributed by atoms with E-state index in [4.69, 9.17) is 0 Å². The largest absolute Gasteiger partial charge is 0.393 e. The van der Waals surface area contributed by atoms with E-state index in [0.29, 0.717) is 29.6 Å². The maximum atomic E-state index is 11.6. The molecule has 0 radical (unpaired) electrons. The minimum Gasteiger partial charge on any atom is -0.393 e. The molecule has 0 heterocycles. The Hall–Kier alpha value is -0.120. The second-order valence-corrected chi connectivity index (χ2v) is 12.9. The molecule has 0 aromatic rings. The molecule has 10 atom stereocenters. The van der Waals surface area contributed by atoms with Gasteiger partial charge in [-0.15, -0.1) is 0 Å². The van der Waals surface area contributed by atoms with Crippen LogP contribution in [0.2, 0.25) is 0 Å². The summed E-state index contributed by atoms with van der Waals surface area (Å²) in [5.74, 6) is 4.13. The van der Waals surface area contributed by atoms with Crippen LogP contribution in [0.1, 0.15) is 105 Å². The number of rotatable bonds is 5. The molecule has 3 N–H and O–H groups in total. The summed E-state index contributed by atoms with van der Waals surface area (Å²) < 4.78 is 0. The van der Waals surface area contributed by atoms with Gasteiger partial charge in [0.1, 0.15) is 0 Å². The van der Waals surface area contributed by atoms with Crippen LogP contribution in [0.15, 0.2) is 0 Å². The van der Waals surface area contributed by atoms with Crippen molar-refractivity contribution in [2.45, 2.75) is 123 Å². The van der Waals surface area contributed by atoms with Crippen LogP contribution in [0.5, 0.6) is 0 Å². The summed E-state index contributed by atoms with van der Waals surface area (Å²) in [5.41, 5.74) is -0.962. The van der Waals surface area contributed by atoms with Gasteiger partial charge in [0.15, 0.2) is 0 Å². The number of fused-ring (bicyclic) bond motifs is 5. The SMILES string of the molecule is CC(C)CCCC(C)C1CCC2C3C[C@@H](O)[C@@]4(O)CC(O)CC[C@]4(C)C3CCC12C. The third-order valence-corrected chi connectivity index (χ3v) is 11.0. The third kappa shape index (κ3) is 3.41. The minimum atomic E-state index is -1.11. The molecule has 7 unspecified atom stereocenters. The molecule has 0 aromatic heterocycles. The third-order valence-electron chi connectivity index (χ3n) is 11.0. The van der Waals surface area contributed by atoms with Crippen LogP contribution in [0.25, 0.3) is 0 Å². The predicted octanol–water partition coefficient (Wildman–Crippen LogP) is 5.55. The van der Waals surface area contributed by atoms with Crippen LogP contribution < -0.4 is 0 Å². The Kier molecular flexibility index (Phi) is 6.17. The predicted molar refractivity (Wildman–Crippen MR) is 122 cm³/mol. The van der Waals surface area contributed by atoms with Crippen molar-refractivity contribution in [3.8, 4) is 0 Å². The summed E-state index contributed by atoms with van der Waals surface area (Å²) in [6.07, 6.45) is 10.7. The topological polar surface area (TPSA) is 60.7 Å². The summed E-state index contributed by atoms with van der Waals surface area (Å²) in [6, 6.07) is 0. The van der Waals surface area contributed by atoms with Crippen LogP contribution in [-0.4, -0.2) is 33.1 Å². The normalized spacial score (nSPS) is 51.9. The zero-order chi connectivity index (χ0) is 21.9. The van der Waals surface area contributed by atoms with E-state index in [1.165, 1.54) is 44.9 Å². The molecule has 4 rings (SSSR count). The highest BCUT2D eigenvalue weighted by Gasteiger charge is 2.67. The number of hydrogen-bond donors (Lipinski definition) is 3. The first kappa shape index (κ1) is 23.1. The fourth-order valence-electron chi connectivity index (χ4n) is 9.29. The van der Waals surface area contributed by atoms with E-state index in [0.717, 1.165) is 37.0 Å². The summed E-state index contributed by atoms with van der Waals surface area (Å²) in [4.78, 5) is 0. The van der Waals surface area contributed by atoms with Crippen molar-refractivity contribution in [1.82, 2.24) is 0 Å². The van der Waals surface area contributed by atoms with E-state index in [1.807, 2.05) is 0 Å². The maximum Gasteiger partial charge on any atom is 0.0985 e. The average Bonchev–Trinajstić information content (AvgIpc) is 3.01. The molecular weight excluding hydrogens is 372 g/mol. The Balaban J connectivity index is 1.53. The highest BCUT2D eigenvalue weighted by Crippen LogP contribution is 2.69. The zero-order valence-corrected chi connectivity index (χ0v) is 20.2. The van der Waals surface area contributed by atoms with Crippen molar-refractivity contribution >= 4 is 0 Å². The molecule has 4 saturated carbocycles. The highest BCUT2D eigenvalue weighted by molar-refractivity contribution is 5.17. The first-order valence-corrected chi connectivity index (χ1v) is 13.1. The molecule has 4 aliphatic carbocycles. The van der Waals surface area contributed by atoms with Gasteiger partial charge in [-0.1, -0.05) is 53.9 Å². The first-order valence-electron chi connectivity index (χ1n) is 13.1. The standard InChI is InChI=1S/C27H48O3/c1-17(2)7-6-8-18(3)21-9-10-22-20-15-24(29)27(30)16-19(28)11-14-26(27,5)23(20)12-13-25(21,22)4/h17-24,28-30H,6-16H2,1-5H3/t18?,19?,20?,21?,22?,23?,24-,25?,26-,27+/m1/s1. The van der Waals surface area contributed by atoms with Crippen LogP contribution >= 0.6 is 0 Å². The number of aliphatic hydroxyl groups is 3. The fraction of sp³-hybridized carbons (Fsp3) is 1.00. The van der Waals surface area contributed by atoms with Gasteiger partial charge < -0.3 is 15.3 Å². The Morgan fingerprint density at radius 1 is 0.900 bits per heavy atom. The molecule has 0 spiro atoms. The number of aliphatic hydroxyl groups excluding tert-OH is 2. The Morgan fingerprint density at radius 3 is 2.33 bits per heavy atom. The van der Waals surface area contributed by atoms with Gasteiger partial charge in [-0.2, -0.15) is 0 Å². The van der Waals surface area contributed by atoms with Crippen molar-refractivity contribution in [3.05, 3.63) is 0 Å². The minimum absolute atomic E-state index is 0.253. The molecule has 4 aliphatic rings. The van der Waals surface area contributed by atoms with Crippen molar-refractivity contribution in [1.29, 1.82) is 0 Å². The fourth-order valence-corrected chi connectivity index (χ4v) is 9.29. The second-order valence-electron chi connectivity index (χ2n) is 12.9. The van der Waals surface area contributed by atoms with E-state index in [2.05, 4.69) is 34.6 Å². The van der Waals surface area contributed by atoms with Crippen molar-refractivity contribution < 1.29 is 15.3 Å². The van der Waals surface area contributed by atoms with Gasteiger partial charge in [0.05, 0.1) is 17.8 Å². The lowest BCUT2D eigenvalue weighted by molar-refractivity contribution is -0.264. The lowest BCUT2D eigenvalue weighted by Gasteiger charge is -2.65. The molecule has 0 aliphatic heterocycles. The average molecular weight is 421 g/mol. The summed E-state index contributed by atoms with van der Waals surface area (Å²) in [5, 5.41) is 33.0.